The molecule has 1 heterocycles. The number of fused-ring (bicyclic) bond motifs is 1. The zero-order valence-corrected chi connectivity index (χ0v) is 17.5. The van der Waals surface area contributed by atoms with E-state index in [-0.39, 0.29) is 18.3 Å². The molecule has 0 saturated heterocycles. The molecule has 2 aromatic carbocycles. The molecule has 7 heteroatoms. The van der Waals surface area contributed by atoms with E-state index in [1.807, 2.05) is 32.2 Å². The first-order valence-corrected chi connectivity index (χ1v) is 10.3. The number of carbonyl (C=O) groups excluding carboxylic acids is 3. The lowest BCUT2D eigenvalue weighted by atomic mass is 10.1. The van der Waals surface area contributed by atoms with Gasteiger partial charge >= 0.3 is 5.97 Å². The van der Waals surface area contributed by atoms with Gasteiger partial charge in [-0.25, -0.2) is 4.79 Å². The Labute approximate surface area is 173 Å². The van der Waals surface area contributed by atoms with Gasteiger partial charge in [0, 0.05) is 28.3 Å². The van der Waals surface area contributed by atoms with Crippen molar-refractivity contribution in [3.8, 4) is 0 Å². The van der Waals surface area contributed by atoms with Crippen LogP contribution in [-0.4, -0.2) is 35.5 Å². The van der Waals surface area contributed by atoms with Crippen LogP contribution in [0.5, 0.6) is 0 Å². The number of esters is 1. The first-order valence-electron chi connectivity index (χ1n) is 9.04. The number of amides is 1. The molecule has 0 fully saturated rings. The van der Waals surface area contributed by atoms with Crippen LogP contribution in [0.4, 0.5) is 5.69 Å². The second-order valence-electron chi connectivity index (χ2n) is 6.82. The highest BCUT2D eigenvalue weighted by Gasteiger charge is 2.16. The second-order valence-corrected chi connectivity index (χ2v) is 7.67. The lowest BCUT2D eigenvalue weighted by Gasteiger charge is -2.10. The quantitative estimate of drug-likeness (QED) is 0.355. The summed E-state index contributed by atoms with van der Waals surface area (Å²) < 4.78 is 5.21. The van der Waals surface area contributed by atoms with Gasteiger partial charge in [-0.3, -0.25) is 9.59 Å². The minimum Gasteiger partial charge on any atom is -0.453 e. The number of aryl methyl sites for hydroxylation is 2. The van der Waals surface area contributed by atoms with E-state index >= 15 is 0 Å². The highest BCUT2D eigenvalue weighted by molar-refractivity contribution is 7.98. The number of ether oxygens (including phenoxy) is 1. The van der Waals surface area contributed by atoms with Gasteiger partial charge in [0.05, 0.1) is 5.69 Å². The van der Waals surface area contributed by atoms with Crippen molar-refractivity contribution in [1.82, 2.24) is 4.98 Å². The van der Waals surface area contributed by atoms with E-state index < -0.39 is 5.97 Å². The highest BCUT2D eigenvalue weighted by atomic mass is 32.2. The molecular formula is C22H22N2O4S. The molecule has 0 bridgehead atoms. The van der Waals surface area contributed by atoms with Gasteiger partial charge in [0.15, 0.2) is 12.4 Å². The normalized spacial score (nSPS) is 10.8. The maximum atomic E-state index is 12.5. The Balaban J connectivity index is 1.72. The molecule has 0 aliphatic heterocycles. The lowest BCUT2D eigenvalue weighted by Crippen LogP contribution is -2.15. The molecule has 150 valence electrons. The molecule has 29 heavy (non-hydrogen) atoms. The van der Waals surface area contributed by atoms with Crippen molar-refractivity contribution < 1.29 is 19.1 Å². The first kappa shape index (κ1) is 20.7. The van der Waals surface area contributed by atoms with Crippen LogP contribution in [0.3, 0.4) is 0 Å². The molecule has 3 rings (SSSR count). The van der Waals surface area contributed by atoms with Gasteiger partial charge in [-0.05, 0) is 55.5 Å². The molecule has 0 atom stereocenters. The maximum Gasteiger partial charge on any atom is 0.355 e. The fourth-order valence-electron chi connectivity index (χ4n) is 3.17. The molecule has 1 aromatic heterocycles. The number of rotatable bonds is 6. The number of ketones is 1. The smallest absolute Gasteiger partial charge is 0.355 e. The van der Waals surface area contributed by atoms with Crippen LogP contribution in [-0.2, 0) is 9.53 Å². The number of H-pyrrole nitrogens is 1. The van der Waals surface area contributed by atoms with E-state index in [0.29, 0.717) is 16.9 Å². The summed E-state index contributed by atoms with van der Waals surface area (Å²) in [5, 5.41) is 3.66. The summed E-state index contributed by atoms with van der Waals surface area (Å²) in [4.78, 5) is 40.1. The lowest BCUT2D eigenvalue weighted by molar-refractivity contribution is -0.114. The van der Waals surface area contributed by atoms with E-state index in [0.717, 1.165) is 26.9 Å². The molecule has 0 saturated carbocycles. The van der Waals surface area contributed by atoms with Crippen LogP contribution in [0.25, 0.3) is 10.9 Å². The standard InChI is InChI=1S/C22H22N2O4S/c1-12-7-13(2)16-10-19(24-17(16)8-12)22(27)28-11-20(26)15-5-6-21(29-4)18(9-15)23-14(3)25/h5-10,24H,11H2,1-4H3,(H,23,25). The average molecular weight is 410 g/mol. The van der Waals surface area contributed by atoms with Gasteiger partial charge in [-0.1, -0.05) is 12.1 Å². The van der Waals surface area contributed by atoms with Gasteiger partial charge in [0.2, 0.25) is 5.91 Å². The van der Waals surface area contributed by atoms with Crippen molar-refractivity contribution in [2.24, 2.45) is 0 Å². The summed E-state index contributed by atoms with van der Waals surface area (Å²) in [6, 6.07) is 10.7. The molecule has 0 aliphatic rings. The molecule has 0 radical (unpaired) electrons. The molecule has 2 N–H and O–H groups in total. The number of thioether (sulfide) groups is 1. The second kappa shape index (κ2) is 8.53. The van der Waals surface area contributed by atoms with Crippen molar-refractivity contribution >= 4 is 46.0 Å². The van der Waals surface area contributed by atoms with Crippen LogP contribution in [0.2, 0.25) is 0 Å². The number of aromatic nitrogens is 1. The third-order valence-corrected chi connectivity index (χ3v) is 5.27. The summed E-state index contributed by atoms with van der Waals surface area (Å²) in [5.74, 6) is -1.16. The first-order chi connectivity index (χ1) is 13.8. The summed E-state index contributed by atoms with van der Waals surface area (Å²) in [6.07, 6.45) is 1.88. The number of aromatic amines is 1. The van der Waals surface area contributed by atoms with Crippen LogP contribution < -0.4 is 5.32 Å². The fourth-order valence-corrected chi connectivity index (χ4v) is 3.70. The number of hydrogen-bond donors (Lipinski definition) is 2. The molecular weight excluding hydrogens is 388 g/mol. The van der Waals surface area contributed by atoms with Crippen molar-refractivity contribution in [2.45, 2.75) is 25.7 Å². The summed E-state index contributed by atoms with van der Waals surface area (Å²) >= 11 is 1.46. The predicted molar refractivity (Wildman–Crippen MR) is 115 cm³/mol. The van der Waals surface area contributed by atoms with Crippen LogP contribution in [0, 0.1) is 13.8 Å². The summed E-state index contributed by atoms with van der Waals surface area (Å²) in [5.41, 5.74) is 4.24. The SMILES string of the molecule is CSc1ccc(C(=O)COC(=O)c2cc3c(C)cc(C)cc3[nH]2)cc1NC(C)=O. The van der Waals surface area contributed by atoms with Gasteiger partial charge in [-0.2, -0.15) is 0 Å². The molecule has 0 aliphatic carbocycles. The maximum absolute atomic E-state index is 12.5. The molecule has 0 unspecified atom stereocenters. The predicted octanol–water partition coefficient (Wildman–Crippen LogP) is 4.50. The molecule has 1 amide bonds. The largest absolute Gasteiger partial charge is 0.453 e. The number of anilines is 1. The van der Waals surface area contributed by atoms with Gasteiger partial charge < -0.3 is 15.0 Å². The monoisotopic (exact) mass is 410 g/mol. The topological polar surface area (TPSA) is 88.3 Å². The Morgan fingerprint density at radius 1 is 1.10 bits per heavy atom. The minimum absolute atomic E-state index is 0.222. The van der Waals surface area contributed by atoms with E-state index in [2.05, 4.69) is 10.3 Å². The van der Waals surface area contributed by atoms with Crippen molar-refractivity contribution in [2.75, 3.05) is 18.2 Å². The zero-order chi connectivity index (χ0) is 21.1. The van der Waals surface area contributed by atoms with E-state index in [9.17, 15) is 14.4 Å². The number of hydrogen-bond acceptors (Lipinski definition) is 5. The summed E-state index contributed by atoms with van der Waals surface area (Å²) in [7, 11) is 0. The van der Waals surface area contributed by atoms with Crippen LogP contribution in [0.15, 0.2) is 41.3 Å². The number of benzene rings is 2. The molecule has 0 spiro atoms. The number of nitrogens with one attached hydrogen (secondary N) is 2. The van der Waals surface area contributed by atoms with Gasteiger partial charge in [0.1, 0.15) is 5.69 Å². The third kappa shape index (κ3) is 4.68. The van der Waals surface area contributed by atoms with E-state index in [4.69, 9.17) is 4.74 Å². The zero-order valence-electron chi connectivity index (χ0n) is 16.7. The third-order valence-electron chi connectivity index (χ3n) is 4.48. The number of carbonyl (C=O) groups is 3. The van der Waals surface area contributed by atoms with Crippen LogP contribution in [0.1, 0.15) is 38.9 Å². The summed E-state index contributed by atoms with van der Waals surface area (Å²) in [6.45, 7) is 4.99. The Morgan fingerprint density at radius 2 is 1.86 bits per heavy atom. The van der Waals surface area contributed by atoms with Gasteiger partial charge in [-0.15, -0.1) is 11.8 Å². The number of Topliss-reactive ketones (excluding diaryl/α,β-unsaturated/α-hetero) is 1. The van der Waals surface area contributed by atoms with Crippen molar-refractivity contribution in [1.29, 1.82) is 0 Å². The van der Waals surface area contributed by atoms with Crippen molar-refractivity contribution in [3.05, 3.63) is 58.8 Å². The van der Waals surface area contributed by atoms with E-state index in [1.54, 1.807) is 24.3 Å². The Hall–Kier alpha value is -3.06. The fraction of sp³-hybridized carbons (Fsp3) is 0.227. The Kier molecular flexibility index (Phi) is 6.08. The highest BCUT2D eigenvalue weighted by Crippen LogP contribution is 2.27. The molecule has 6 nitrogen and oxygen atoms in total. The van der Waals surface area contributed by atoms with Crippen LogP contribution >= 0.6 is 11.8 Å². The Morgan fingerprint density at radius 3 is 2.55 bits per heavy atom. The minimum atomic E-state index is -0.588. The average Bonchev–Trinajstić information content (AvgIpc) is 3.09. The van der Waals surface area contributed by atoms with E-state index in [1.165, 1.54) is 18.7 Å². The Bertz CT molecular complexity index is 1120. The molecule has 3 aromatic rings. The van der Waals surface area contributed by atoms with Crippen molar-refractivity contribution in [3.63, 3.8) is 0 Å². The van der Waals surface area contributed by atoms with Gasteiger partial charge in [0.25, 0.3) is 0 Å².